The van der Waals surface area contributed by atoms with Crippen LogP contribution in [0, 0.1) is 6.92 Å². The second kappa shape index (κ2) is 10.5. The number of likely N-dealkylation sites (tertiary alicyclic amines) is 1. The summed E-state index contributed by atoms with van der Waals surface area (Å²) < 4.78 is 0. The van der Waals surface area contributed by atoms with E-state index in [0.717, 1.165) is 37.2 Å². The average Bonchev–Trinajstić information content (AvgIpc) is 2.84. The molecule has 32 heavy (non-hydrogen) atoms. The number of aryl methyl sites for hydroxylation is 1. The molecular formula is C27H28N2O2S. The molecule has 0 spiro atoms. The molecule has 5 heteroatoms. The molecule has 1 aliphatic heterocycles. The van der Waals surface area contributed by atoms with Crippen LogP contribution in [0.15, 0.2) is 77.7 Å². The van der Waals surface area contributed by atoms with Gasteiger partial charge in [-0.25, -0.2) is 0 Å². The van der Waals surface area contributed by atoms with E-state index in [1.807, 2.05) is 41.3 Å². The van der Waals surface area contributed by atoms with Crippen molar-refractivity contribution >= 4 is 29.3 Å². The first kappa shape index (κ1) is 22.2. The van der Waals surface area contributed by atoms with Gasteiger partial charge in [-0.3, -0.25) is 9.59 Å². The molecule has 3 aromatic carbocycles. The maximum absolute atomic E-state index is 13.0. The Morgan fingerprint density at radius 1 is 0.875 bits per heavy atom. The molecule has 0 bridgehead atoms. The number of carbonyl (C=O) groups is 2. The molecule has 4 rings (SSSR count). The number of hydrogen-bond donors (Lipinski definition) is 1. The monoisotopic (exact) mass is 444 g/mol. The Kier molecular flexibility index (Phi) is 7.28. The lowest BCUT2D eigenvalue weighted by atomic mass is 10.1. The Bertz CT molecular complexity index is 1070. The highest BCUT2D eigenvalue weighted by atomic mass is 32.2. The van der Waals surface area contributed by atoms with Crippen molar-refractivity contribution in [2.24, 2.45) is 0 Å². The van der Waals surface area contributed by atoms with Crippen LogP contribution >= 0.6 is 11.8 Å². The number of nitrogens with one attached hydrogen (secondary N) is 1. The van der Waals surface area contributed by atoms with Gasteiger partial charge >= 0.3 is 0 Å². The molecular weight excluding hydrogens is 416 g/mol. The predicted molar refractivity (Wildman–Crippen MR) is 131 cm³/mol. The Hall–Kier alpha value is -3.05. The molecule has 0 atom stereocenters. The van der Waals surface area contributed by atoms with E-state index in [9.17, 15) is 9.59 Å². The molecule has 1 saturated heterocycles. The lowest BCUT2D eigenvalue weighted by molar-refractivity contribution is 0.0725. The number of para-hydroxylation sites is 1. The van der Waals surface area contributed by atoms with Crippen molar-refractivity contribution in [3.8, 4) is 0 Å². The minimum atomic E-state index is -0.207. The highest BCUT2D eigenvalue weighted by Crippen LogP contribution is 2.24. The fraction of sp³-hybridized carbons (Fsp3) is 0.259. The average molecular weight is 445 g/mol. The van der Waals surface area contributed by atoms with Crippen molar-refractivity contribution in [3.63, 3.8) is 0 Å². The summed E-state index contributed by atoms with van der Waals surface area (Å²) in [4.78, 5) is 28.9. The van der Waals surface area contributed by atoms with Crippen molar-refractivity contribution in [1.82, 2.24) is 4.90 Å². The van der Waals surface area contributed by atoms with Crippen LogP contribution < -0.4 is 5.32 Å². The summed E-state index contributed by atoms with van der Waals surface area (Å²) >= 11 is 1.78. The van der Waals surface area contributed by atoms with Gasteiger partial charge < -0.3 is 10.2 Å². The van der Waals surface area contributed by atoms with Crippen LogP contribution in [0.3, 0.4) is 0 Å². The third kappa shape index (κ3) is 5.60. The summed E-state index contributed by atoms with van der Waals surface area (Å²) in [7, 11) is 0. The van der Waals surface area contributed by atoms with Gasteiger partial charge in [0.1, 0.15) is 0 Å². The second-order valence-electron chi connectivity index (χ2n) is 8.15. The SMILES string of the molecule is Cc1ccc(SCc2ccc(C(=O)Nc3ccccc3C(=O)N3CCCCC3)cc2)cc1. The number of amides is 2. The van der Waals surface area contributed by atoms with Crippen molar-refractivity contribution in [3.05, 3.63) is 95.1 Å². The van der Waals surface area contributed by atoms with E-state index >= 15 is 0 Å². The zero-order valence-electron chi connectivity index (χ0n) is 18.3. The molecule has 0 aromatic heterocycles. The fourth-order valence-electron chi connectivity index (χ4n) is 3.79. The summed E-state index contributed by atoms with van der Waals surface area (Å²) in [6.07, 6.45) is 3.24. The number of carbonyl (C=O) groups excluding carboxylic acids is 2. The van der Waals surface area contributed by atoms with Crippen LogP contribution in [0.5, 0.6) is 0 Å². The number of anilines is 1. The first-order chi connectivity index (χ1) is 15.6. The van der Waals surface area contributed by atoms with Gasteiger partial charge in [0, 0.05) is 29.3 Å². The lowest BCUT2D eigenvalue weighted by Gasteiger charge is -2.27. The van der Waals surface area contributed by atoms with Crippen molar-refractivity contribution in [2.45, 2.75) is 36.8 Å². The van der Waals surface area contributed by atoms with E-state index in [1.165, 1.54) is 16.9 Å². The summed E-state index contributed by atoms with van der Waals surface area (Å²) in [6, 6.07) is 23.4. The number of hydrogen-bond acceptors (Lipinski definition) is 3. The third-order valence-electron chi connectivity index (χ3n) is 5.69. The predicted octanol–water partition coefficient (Wildman–Crippen LogP) is 6.17. The highest BCUT2D eigenvalue weighted by molar-refractivity contribution is 7.98. The van der Waals surface area contributed by atoms with Gasteiger partial charge in [0.2, 0.25) is 0 Å². The van der Waals surface area contributed by atoms with E-state index in [2.05, 4.69) is 36.5 Å². The number of benzene rings is 3. The fourth-order valence-corrected chi connectivity index (χ4v) is 4.65. The summed E-state index contributed by atoms with van der Waals surface area (Å²) in [6.45, 7) is 3.65. The van der Waals surface area contributed by atoms with Crippen molar-refractivity contribution < 1.29 is 9.59 Å². The van der Waals surface area contributed by atoms with Gasteiger partial charge in [-0.2, -0.15) is 0 Å². The maximum Gasteiger partial charge on any atom is 0.255 e. The minimum absolute atomic E-state index is 0.0101. The lowest BCUT2D eigenvalue weighted by Crippen LogP contribution is -2.36. The normalized spacial score (nSPS) is 13.6. The van der Waals surface area contributed by atoms with Crippen LogP contribution in [-0.4, -0.2) is 29.8 Å². The summed E-state index contributed by atoms with van der Waals surface area (Å²) in [5, 5.41) is 2.94. The molecule has 0 aliphatic carbocycles. The molecule has 1 aliphatic rings. The van der Waals surface area contributed by atoms with Crippen LogP contribution in [0.2, 0.25) is 0 Å². The third-order valence-corrected chi connectivity index (χ3v) is 6.77. The first-order valence-electron chi connectivity index (χ1n) is 11.1. The topological polar surface area (TPSA) is 49.4 Å². The molecule has 0 unspecified atom stereocenters. The van der Waals surface area contributed by atoms with Crippen LogP contribution in [-0.2, 0) is 5.75 Å². The Balaban J connectivity index is 1.39. The number of piperidine rings is 1. The maximum atomic E-state index is 13.0. The van der Waals surface area contributed by atoms with Gasteiger partial charge in [0.25, 0.3) is 11.8 Å². The molecule has 1 heterocycles. The van der Waals surface area contributed by atoms with Crippen LogP contribution in [0.1, 0.15) is 51.1 Å². The van der Waals surface area contributed by atoms with Crippen molar-refractivity contribution in [2.75, 3.05) is 18.4 Å². The Labute approximate surface area is 194 Å². The second-order valence-corrected chi connectivity index (χ2v) is 9.20. The van der Waals surface area contributed by atoms with E-state index in [-0.39, 0.29) is 11.8 Å². The minimum Gasteiger partial charge on any atom is -0.339 e. The molecule has 4 nitrogen and oxygen atoms in total. The Morgan fingerprint density at radius 2 is 1.56 bits per heavy atom. The van der Waals surface area contributed by atoms with Gasteiger partial charge in [-0.1, -0.05) is 42.0 Å². The quantitative estimate of drug-likeness (QED) is 0.463. The molecule has 1 fully saturated rings. The number of thioether (sulfide) groups is 1. The van der Waals surface area contributed by atoms with E-state index < -0.39 is 0 Å². The Morgan fingerprint density at radius 3 is 2.28 bits per heavy atom. The smallest absolute Gasteiger partial charge is 0.255 e. The number of rotatable bonds is 6. The van der Waals surface area contributed by atoms with Gasteiger partial charge in [0.15, 0.2) is 0 Å². The van der Waals surface area contributed by atoms with Gasteiger partial charge in [-0.15, -0.1) is 11.8 Å². The van der Waals surface area contributed by atoms with E-state index in [0.29, 0.717) is 16.8 Å². The summed E-state index contributed by atoms with van der Waals surface area (Å²) in [5.41, 5.74) is 4.10. The molecule has 164 valence electrons. The zero-order valence-corrected chi connectivity index (χ0v) is 19.2. The number of nitrogens with zero attached hydrogens (tertiary/aromatic N) is 1. The molecule has 2 amide bonds. The van der Waals surface area contributed by atoms with Crippen LogP contribution in [0.25, 0.3) is 0 Å². The molecule has 1 N–H and O–H groups in total. The first-order valence-corrected chi connectivity index (χ1v) is 12.1. The van der Waals surface area contributed by atoms with Gasteiger partial charge in [-0.05, 0) is 68.1 Å². The standard InChI is InChI=1S/C27H28N2O2S/c1-20-9-15-23(16-10-20)32-19-21-11-13-22(14-12-21)26(30)28-25-8-4-3-7-24(25)27(31)29-17-5-2-6-18-29/h3-4,7-16H,2,5-6,17-19H2,1H3,(H,28,30). The van der Waals surface area contributed by atoms with Crippen LogP contribution in [0.4, 0.5) is 5.69 Å². The van der Waals surface area contributed by atoms with Gasteiger partial charge in [0.05, 0.1) is 11.3 Å². The largest absolute Gasteiger partial charge is 0.339 e. The zero-order chi connectivity index (χ0) is 22.3. The molecule has 0 saturated carbocycles. The van der Waals surface area contributed by atoms with E-state index in [4.69, 9.17) is 0 Å². The highest BCUT2D eigenvalue weighted by Gasteiger charge is 2.21. The van der Waals surface area contributed by atoms with E-state index in [1.54, 1.807) is 23.9 Å². The summed E-state index contributed by atoms with van der Waals surface area (Å²) in [5.74, 6) is 0.628. The molecule has 0 radical (unpaired) electrons. The van der Waals surface area contributed by atoms with Crippen molar-refractivity contribution in [1.29, 1.82) is 0 Å². The molecule has 3 aromatic rings.